The van der Waals surface area contributed by atoms with E-state index < -0.39 is 11.7 Å². The molecule has 7 nitrogen and oxygen atoms in total. The number of carbonyl (C=O) groups excluding carboxylic acids is 1. The minimum Gasteiger partial charge on any atom is -0.383 e. The number of hydrogen-bond donors (Lipinski definition) is 3. The van der Waals surface area contributed by atoms with Crippen molar-refractivity contribution in [1.82, 2.24) is 25.4 Å². The monoisotopic (exact) mass is 368 g/mol. The molecule has 0 aliphatic heterocycles. The lowest BCUT2D eigenvalue weighted by Gasteiger charge is -2.10. The Morgan fingerprint density at radius 2 is 2.00 bits per heavy atom. The molecule has 0 unspecified atom stereocenters. The molecule has 0 atom stereocenters. The maximum absolute atomic E-state index is 14.5. The average molecular weight is 368 g/mol. The highest BCUT2D eigenvalue weighted by molar-refractivity contribution is 5.95. The summed E-state index contributed by atoms with van der Waals surface area (Å²) in [5.41, 5.74) is 8.83. The largest absolute Gasteiger partial charge is 0.383 e. The third-order valence-corrected chi connectivity index (χ3v) is 4.14. The molecule has 0 aliphatic rings. The van der Waals surface area contributed by atoms with Crippen LogP contribution in [0, 0.1) is 5.82 Å². The smallest absolute Gasteiger partial charge is 0.254 e. The van der Waals surface area contributed by atoms with Crippen molar-refractivity contribution in [2.75, 3.05) is 25.9 Å². The lowest BCUT2D eigenvalue weighted by molar-refractivity contribution is 0.0950. The predicted molar refractivity (Wildman–Crippen MR) is 103 cm³/mol. The number of aryl methyl sites for hydroxylation is 1. The van der Waals surface area contributed by atoms with Crippen molar-refractivity contribution >= 4 is 11.7 Å². The van der Waals surface area contributed by atoms with E-state index in [9.17, 15) is 9.18 Å². The van der Waals surface area contributed by atoms with Gasteiger partial charge in [0.15, 0.2) is 0 Å². The molecule has 4 N–H and O–H groups in total. The van der Waals surface area contributed by atoms with E-state index in [1.165, 1.54) is 12.1 Å². The molecule has 0 aliphatic carbocycles. The Bertz CT molecular complexity index is 969. The number of amides is 1. The highest BCUT2D eigenvalue weighted by Gasteiger charge is 2.14. The van der Waals surface area contributed by atoms with E-state index in [0.717, 1.165) is 11.1 Å². The summed E-state index contributed by atoms with van der Waals surface area (Å²) in [4.78, 5) is 16.3. The van der Waals surface area contributed by atoms with E-state index in [-0.39, 0.29) is 11.4 Å². The minimum atomic E-state index is -0.611. The summed E-state index contributed by atoms with van der Waals surface area (Å²) in [5, 5.41) is 9.71. The van der Waals surface area contributed by atoms with Gasteiger partial charge in [0, 0.05) is 49.2 Å². The molecule has 27 heavy (non-hydrogen) atoms. The molecule has 1 amide bonds. The second-order valence-electron chi connectivity index (χ2n) is 6.11. The number of carbonyl (C=O) groups is 1. The van der Waals surface area contributed by atoms with Gasteiger partial charge in [-0.25, -0.2) is 9.37 Å². The molecule has 3 rings (SSSR count). The summed E-state index contributed by atoms with van der Waals surface area (Å²) in [6.45, 7) is 1.02. The number of nitrogens with one attached hydrogen (secondary N) is 2. The SMILES string of the molecule is CNCCNC(=O)c1ccc(-c2cc(-c3cnn(C)c3)cnc2N)cc1F. The molecular formula is C19H21FN6O. The van der Waals surface area contributed by atoms with Gasteiger partial charge in [-0.15, -0.1) is 0 Å². The third kappa shape index (κ3) is 4.12. The van der Waals surface area contributed by atoms with Crippen LogP contribution in [0.2, 0.25) is 0 Å². The quantitative estimate of drug-likeness (QED) is 0.577. The topological polar surface area (TPSA) is 97.9 Å². The number of benzene rings is 1. The van der Waals surface area contributed by atoms with Gasteiger partial charge in [0.25, 0.3) is 5.91 Å². The van der Waals surface area contributed by atoms with Gasteiger partial charge >= 0.3 is 0 Å². The number of anilines is 1. The standard InChI is InChI=1S/C19H21FN6O/c1-22-5-6-23-19(27)15-4-3-12(8-17(15)20)16-7-13(9-24-18(16)21)14-10-25-26(2)11-14/h3-4,7-11,22H,5-6H2,1-2H3,(H2,21,24)(H,23,27). The van der Waals surface area contributed by atoms with Gasteiger partial charge in [0.1, 0.15) is 11.6 Å². The van der Waals surface area contributed by atoms with E-state index in [2.05, 4.69) is 20.7 Å². The second kappa shape index (κ2) is 7.96. The van der Waals surface area contributed by atoms with Crippen molar-refractivity contribution in [3.63, 3.8) is 0 Å². The van der Waals surface area contributed by atoms with Crippen LogP contribution in [0.25, 0.3) is 22.3 Å². The molecule has 140 valence electrons. The van der Waals surface area contributed by atoms with Gasteiger partial charge in [0.05, 0.1) is 11.8 Å². The predicted octanol–water partition coefficient (Wildman–Crippen LogP) is 1.82. The van der Waals surface area contributed by atoms with Gasteiger partial charge in [-0.3, -0.25) is 9.48 Å². The van der Waals surface area contributed by atoms with E-state index in [1.807, 2.05) is 19.3 Å². The van der Waals surface area contributed by atoms with Crippen molar-refractivity contribution in [2.24, 2.45) is 7.05 Å². The fraction of sp³-hybridized carbons (Fsp3) is 0.211. The Kier molecular flexibility index (Phi) is 5.46. The Hall–Kier alpha value is -3.26. The maximum Gasteiger partial charge on any atom is 0.254 e. The summed E-state index contributed by atoms with van der Waals surface area (Å²) in [5.74, 6) is -0.779. The molecule has 3 aromatic rings. The van der Waals surface area contributed by atoms with Gasteiger partial charge in [-0.05, 0) is 30.8 Å². The number of likely N-dealkylation sites (N-methyl/N-ethyl adjacent to an activating group) is 1. The van der Waals surface area contributed by atoms with Gasteiger partial charge in [-0.1, -0.05) is 6.07 Å². The van der Waals surface area contributed by atoms with Crippen LogP contribution in [0.3, 0.4) is 0 Å². The number of halogens is 1. The van der Waals surface area contributed by atoms with Crippen LogP contribution in [-0.2, 0) is 7.05 Å². The number of nitrogens with zero attached hydrogens (tertiary/aromatic N) is 3. The summed E-state index contributed by atoms with van der Waals surface area (Å²) in [6, 6.07) is 6.25. The number of pyridine rings is 1. The normalized spacial score (nSPS) is 10.8. The van der Waals surface area contributed by atoms with Gasteiger partial charge in [-0.2, -0.15) is 5.10 Å². The lowest BCUT2D eigenvalue weighted by Crippen LogP contribution is -2.30. The molecule has 0 saturated heterocycles. The first-order valence-electron chi connectivity index (χ1n) is 8.47. The Morgan fingerprint density at radius 1 is 1.19 bits per heavy atom. The molecule has 0 radical (unpaired) electrons. The van der Waals surface area contributed by atoms with Crippen LogP contribution >= 0.6 is 0 Å². The van der Waals surface area contributed by atoms with Crippen LogP contribution in [0.15, 0.2) is 42.9 Å². The molecular weight excluding hydrogens is 347 g/mol. The van der Waals surface area contributed by atoms with Crippen LogP contribution in [0.5, 0.6) is 0 Å². The van der Waals surface area contributed by atoms with Gasteiger partial charge < -0.3 is 16.4 Å². The van der Waals surface area contributed by atoms with Crippen LogP contribution in [-0.4, -0.2) is 40.8 Å². The first kappa shape index (κ1) is 18.5. The molecule has 8 heteroatoms. The maximum atomic E-state index is 14.5. The Labute approximate surface area is 156 Å². The Balaban J connectivity index is 1.90. The van der Waals surface area contributed by atoms with Crippen LogP contribution in [0.1, 0.15) is 10.4 Å². The molecule has 0 saturated carbocycles. The zero-order valence-electron chi connectivity index (χ0n) is 15.2. The summed E-state index contributed by atoms with van der Waals surface area (Å²) < 4.78 is 16.2. The number of rotatable bonds is 6. The first-order chi connectivity index (χ1) is 13.0. The van der Waals surface area contributed by atoms with Crippen LogP contribution in [0.4, 0.5) is 10.2 Å². The van der Waals surface area contributed by atoms with Crippen LogP contribution < -0.4 is 16.4 Å². The minimum absolute atomic E-state index is 0.00945. The molecule has 0 bridgehead atoms. The molecule has 1 aromatic carbocycles. The summed E-state index contributed by atoms with van der Waals surface area (Å²) >= 11 is 0. The zero-order valence-corrected chi connectivity index (χ0v) is 15.2. The fourth-order valence-electron chi connectivity index (χ4n) is 2.70. The van der Waals surface area contributed by atoms with Crippen molar-refractivity contribution < 1.29 is 9.18 Å². The summed E-state index contributed by atoms with van der Waals surface area (Å²) in [6.07, 6.45) is 5.22. The Morgan fingerprint density at radius 3 is 2.67 bits per heavy atom. The van der Waals surface area contributed by atoms with Crippen molar-refractivity contribution in [3.05, 3.63) is 54.2 Å². The highest BCUT2D eigenvalue weighted by Crippen LogP contribution is 2.30. The van der Waals surface area contributed by atoms with Gasteiger partial charge in [0.2, 0.25) is 0 Å². The molecule has 0 fully saturated rings. The molecule has 0 spiro atoms. The number of nitrogens with two attached hydrogens (primary N) is 1. The molecule has 2 heterocycles. The fourth-order valence-corrected chi connectivity index (χ4v) is 2.70. The second-order valence-corrected chi connectivity index (χ2v) is 6.11. The zero-order chi connectivity index (χ0) is 19.4. The van der Waals surface area contributed by atoms with E-state index >= 15 is 0 Å². The average Bonchev–Trinajstić information content (AvgIpc) is 3.08. The number of aromatic nitrogens is 3. The van der Waals surface area contributed by atoms with E-state index in [0.29, 0.717) is 24.2 Å². The van der Waals surface area contributed by atoms with E-state index in [1.54, 1.807) is 30.2 Å². The number of nitrogen functional groups attached to an aromatic ring is 1. The van der Waals surface area contributed by atoms with Crippen molar-refractivity contribution in [2.45, 2.75) is 0 Å². The number of hydrogen-bond acceptors (Lipinski definition) is 5. The van der Waals surface area contributed by atoms with Crippen molar-refractivity contribution in [3.8, 4) is 22.3 Å². The van der Waals surface area contributed by atoms with E-state index in [4.69, 9.17) is 5.73 Å². The first-order valence-corrected chi connectivity index (χ1v) is 8.47. The third-order valence-electron chi connectivity index (χ3n) is 4.14. The van der Waals surface area contributed by atoms with Crippen molar-refractivity contribution in [1.29, 1.82) is 0 Å². The highest BCUT2D eigenvalue weighted by atomic mass is 19.1. The molecule has 2 aromatic heterocycles. The summed E-state index contributed by atoms with van der Waals surface area (Å²) in [7, 11) is 3.60. The lowest BCUT2D eigenvalue weighted by atomic mass is 10.0.